The zero-order valence-corrected chi connectivity index (χ0v) is 16.3. The summed E-state index contributed by atoms with van der Waals surface area (Å²) in [6.07, 6.45) is 3.57. The minimum atomic E-state index is -0.503. The molecule has 2 aromatic rings. The third kappa shape index (κ3) is 4.82. The van der Waals surface area contributed by atoms with E-state index in [2.05, 4.69) is 15.3 Å². The molecule has 0 radical (unpaired) electrons. The Morgan fingerprint density at radius 3 is 2.46 bits per heavy atom. The van der Waals surface area contributed by atoms with E-state index < -0.39 is 5.91 Å². The highest BCUT2D eigenvalue weighted by molar-refractivity contribution is 6.04. The number of rotatable bonds is 5. The quantitative estimate of drug-likeness (QED) is 0.786. The molecular weight excluding hydrogens is 385 g/mol. The van der Waals surface area contributed by atoms with E-state index >= 15 is 0 Å². The van der Waals surface area contributed by atoms with Gasteiger partial charge in [-0.3, -0.25) is 9.59 Å². The van der Waals surface area contributed by atoms with Crippen molar-refractivity contribution >= 4 is 24.2 Å². The van der Waals surface area contributed by atoms with Gasteiger partial charge in [0.2, 0.25) is 0 Å². The Balaban J connectivity index is 0.00000280. The molecule has 1 atom stereocenters. The van der Waals surface area contributed by atoms with E-state index in [0.717, 1.165) is 12.0 Å². The summed E-state index contributed by atoms with van der Waals surface area (Å²) >= 11 is 0. The van der Waals surface area contributed by atoms with Crippen molar-refractivity contribution in [3.8, 4) is 0 Å². The molecule has 1 fully saturated rings. The number of halogens is 2. The number of carbonyl (C=O) groups is 2. The maximum Gasteiger partial charge on any atom is 0.274 e. The lowest BCUT2D eigenvalue weighted by Gasteiger charge is -2.22. The summed E-state index contributed by atoms with van der Waals surface area (Å²) in [5, 5.41) is 2.69. The normalized spacial score (nSPS) is 18.5. The molecule has 150 valence electrons. The highest BCUT2D eigenvalue weighted by atomic mass is 35.5. The van der Waals surface area contributed by atoms with Crippen LogP contribution in [0, 0.1) is 11.2 Å². The molecule has 1 aliphatic heterocycles. The topological polar surface area (TPSA) is 101 Å². The summed E-state index contributed by atoms with van der Waals surface area (Å²) in [5.41, 5.74) is 6.41. The molecule has 7 nitrogen and oxygen atoms in total. The molecule has 0 aliphatic carbocycles. The summed E-state index contributed by atoms with van der Waals surface area (Å²) in [5.74, 6) is -1.18. The van der Waals surface area contributed by atoms with Crippen LogP contribution in [0.25, 0.3) is 0 Å². The summed E-state index contributed by atoms with van der Waals surface area (Å²) in [6, 6.07) is 5.80. The van der Waals surface area contributed by atoms with Gasteiger partial charge in [-0.05, 0) is 36.1 Å². The molecule has 0 bridgehead atoms. The lowest BCUT2D eigenvalue weighted by Crippen LogP contribution is -2.36. The average molecular weight is 408 g/mol. The number of hydrogen-bond donors (Lipinski definition) is 2. The third-order valence-corrected chi connectivity index (χ3v) is 4.82. The molecule has 2 heterocycles. The number of nitrogens with zero attached hydrogens (tertiary/aromatic N) is 3. The summed E-state index contributed by atoms with van der Waals surface area (Å²) in [7, 11) is 0. The Bertz CT molecular complexity index is 848. The molecular formula is C19H23ClFN5O2. The fraction of sp³-hybridized carbons (Fsp3) is 0.368. The van der Waals surface area contributed by atoms with Crippen molar-refractivity contribution in [3.05, 3.63) is 59.4 Å². The first-order valence-corrected chi connectivity index (χ1v) is 8.75. The highest BCUT2D eigenvalue weighted by Gasteiger charge is 2.36. The summed E-state index contributed by atoms with van der Waals surface area (Å²) in [6.45, 7) is 3.81. The molecule has 2 amide bonds. The van der Waals surface area contributed by atoms with Gasteiger partial charge in [-0.25, -0.2) is 14.4 Å². The molecule has 1 aromatic heterocycles. The molecule has 9 heteroatoms. The second-order valence-electron chi connectivity index (χ2n) is 7.05. The molecule has 28 heavy (non-hydrogen) atoms. The number of hydrogen-bond acceptors (Lipinski definition) is 5. The van der Waals surface area contributed by atoms with Crippen molar-refractivity contribution < 1.29 is 14.0 Å². The maximum atomic E-state index is 13.0. The van der Waals surface area contributed by atoms with Crippen LogP contribution in [-0.2, 0) is 6.54 Å². The van der Waals surface area contributed by atoms with Gasteiger partial charge >= 0.3 is 0 Å². The zero-order valence-electron chi connectivity index (χ0n) is 15.5. The van der Waals surface area contributed by atoms with E-state index in [-0.39, 0.29) is 47.5 Å². The van der Waals surface area contributed by atoms with Crippen LogP contribution in [0.3, 0.4) is 0 Å². The number of amides is 2. The molecule has 0 spiro atoms. The van der Waals surface area contributed by atoms with Gasteiger partial charge in [-0.15, -0.1) is 12.4 Å². The second kappa shape index (κ2) is 9.07. The number of aromatic nitrogens is 2. The van der Waals surface area contributed by atoms with E-state index in [4.69, 9.17) is 5.73 Å². The van der Waals surface area contributed by atoms with E-state index in [1.807, 2.05) is 6.92 Å². The van der Waals surface area contributed by atoms with Crippen LogP contribution in [0.4, 0.5) is 4.39 Å². The van der Waals surface area contributed by atoms with Crippen LogP contribution in [0.2, 0.25) is 0 Å². The largest absolute Gasteiger partial charge is 0.347 e. The SMILES string of the molecule is CC1(CN)CCN(C(=O)c2nccnc2C(=O)NCc2ccc(F)cc2)C1.Cl. The smallest absolute Gasteiger partial charge is 0.274 e. The van der Waals surface area contributed by atoms with Crippen molar-refractivity contribution in [2.24, 2.45) is 11.1 Å². The van der Waals surface area contributed by atoms with Gasteiger partial charge in [0.15, 0.2) is 11.4 Å². The van der Waals surface area contributed by atoms with Gasteiger partial charge in [0, 0.05) is 32.0 Å². The first-order chi connectivity index (χ1) is 12.9. The van der Waals surface area contributed by atoms with Crippen LogP contribution in [0.1, 0.15) is 39.9 Å². The Labute approximate surface area is 168 Å². The summed E-state index contributed by atoms with van der Waals surface area (Å²) < 4.78 is 13.0. The van der Waals surface area contributed by atoms with Gasteiger partial charge < -0.3 is 16.0 Å². The Kier molecular flexibility index (Phi) is 7.04. The third-order valence-electron chi connectivity index (χ3n) is 4.82. The molecule has 1 saturated heterocycles. The van der Waals surface area contributed by atoms with E-state index in [9.17, 15) is 14.0 Å². The Morgan fingerprint density at radius 1 is 1.21 bits per heavy atom. The van der Waals surface area contributed by atoms with Crippen molar-refractivity contribution in [2.75, 3.05) is 19.6 Å². The number of carbonyl (C=O) groups excluding carboxylic acids is 2. The molecule has 1 aromatic carbocycles. The van der Waals surface area contributed by atoms with Crippen molar-refractivity contribution in [1.29, 1.82) is 0 Å². The number of nitrogens with two attached hydrogens (primary N) is 1. The summed E-state index contributed by atoms with van der Waals surface area (Å²) in [4.78, 5) is 35.2. The average Bonchev–Trinajstić information content (AvgIpc) is 3.09. The van der Waals surface area contributed by atoms with Crippen LogP contribution in [-0.4, -0.2) is 46.3 Å². The predicted octanol–water partition coefficient (Wildman–Crippen LogP) is 1.78. The van der Waals surface area contributed by atoms with E-state index in [0.29, 0.717) is 19.6 Å². The van der Waals surface area contributed by atoms with Gasteiger partial charge in [0.25, 0.3) is 11.8 Å². The molecule has 3 N–H and O–H groups in total. The van der Waals surface area contributed by atoms with Gasteiger partial charge in [-0.1, -0.05) is 19.1 Å². The lowest BCUT2D eigenvalue weighted by molar-refractivity contribution is 0.0762. The minimum Gasteiger partial charge on any atom is -0.347 e. The van der Waals surface area contributed by atoms with Crippen LogP contribution < -0.4 is 11.1 Å². The molecule has 1 unspecified atom stereocenters. The molecule has 0 saturated carbocycles. The Hall–Kier alpha value is -2.58. The molecule has 3 rings (SSSR count). The van der Waals surface area contributed by atoms with Crippen LogP contribution in [0.5, 0.6) is 0 Å². The minimum absolute atomic E-state index is 0. The van der Waals surface area contributed by atoms with Gasteiger partial charge in [0.05, 0.1) is 0 Å². The standard InChI is InChI=1S/C19H22FN5O2.ClH/c1-19(11-21)6-9-25(12-19)18(27)16-15(22-7-8-23-16)17(26)24-10-13-2-4-14(20)5-3-13;/h2-5,7-8H,6,9-12,21H2,1H3,(H,24,26);1H. The zero-order chi connectivity index (χ0) is 19.4. The maximum absolute atomic E-state index is 13.0. The van der Waals surface area contributed by atoms with Crippen molar-refractivity contribution in [2.45, 2.75) is 19.9 Å². The predicted molar refractivity (Wildman–Crippen MR) is 105 cm³/mol. The van der Waals surface area contributed by atoms with E-state index in [1.54, 1.807) is 17.0 Å². The lowest BCUT2D eigenvalue weighted by atomic mass is 9.90. The van der Waals surface area contributed by atoms with Gasteiger partial charge in [-0.2, -0.15) is 0 Å². The number of benzene rings is 1. The first-order valence-electron chi connectivity index (χ1n) is 8.75. The van der Waals surface area contributed by atoms with Crippen LogP contribution >= 0.6 is 12.4 Å². The number of nitrogens with one attached hydrogen (secondary N) is 1. The van der Waals surface area contributed by atoms with Gasteiger partial charge in [0.1, 0.15) is 5.82 Å². The van der Waals surface area contributed by atoms with Crippen molar-refractivity contribution in [1.82, 2.24) is 20.2 Å². The fourth-order valence-electron chi connectivity index (χ4n) is 3.04. The van der Waals surface area contributed by atoms with Crippen molar-refractivity contribution in [3.63, 3.8) is 0 Å². The molecule has 1 aliphatic rings. The van der Waals surface area contributed by atoms with E-state index in [1.165, 1.54) is 24.5 Å². The first kappa shape index (κ1) is 21.7. The Morgan fingerprint density at radius 2 is 1.86 bits per heavy atom. The highest BCUT2D eigenvalue weighted by Crippen LogP contribution is 2.29. The number of likely N-dealkylation sites (tertiary alicyclic amines) is 1. The second-order valence-corrected chi connectivity index (χ2v) is 7.05. The monoisotopic (exact) mass is 407 g/mol. The van der Waals surface area contributed by atoms with Crippen LogP contribution in [0.15, 0.2) is 36.7 Å². The fourth-order valence-corrected chi connectivity index (χ4v) is 3.04.